The van der Waals surface area contributed by atoms with E-state index in [1.54, 1.807) is 6.92 Å². The molecule has 3 rings (SSSR count). The SMILES string of the molecule is CC(=O)C(C)=C1c2ccccc2C(=O)c2ccccc21. The molecule has 0 aromatic heterocycles. The van der Waals surface area contributed by atoms with Crippen LogP contribution in [0.25, 0.3) is 5.57 Å². The molecule has 0 bridgehead atoms. The first kappa shape index (κ1) is 12.5. The molecule has 20 heavy (non-hydrogen) atoms. The number of hydrogen-bond donors (Lipinski definition) is 0. The van der Waals surface area contributed by atoms with Crippen LogP contribution in [-0.2, 0) is 4.79 Å². The van der Waals surface area contributed by atoms with E-state index in [0.29, 0.717) is 16.7 Å². The van der Waals surface area contributed by atoms with Crippen LogP contribution in [0.2, 0.25) is 0 Å². The summed E-state index contributed by atoms with van der Waals surface area (Å²) in [4.78, 5) is 24.3. The molecule has 98 valence electrons. The number of benzene rings is 2. The minimum atomic E-state index is 0.0244. The van der Waals surface area contributed by atoms with E-state index >= 15 is 0 Å². The molecule has 0 atom stereocenters. The van der Waals surface area contributed by atoms with Crippen LogP contribution in [0.4, 0.5) is 0 Å². The lowest BCUT2D eigenvalue weighted by molar-refractivity contribution is -0.113. The Hall–Kier alpha value is -2.48. The number of ketones is 2. The molecule has 0 saturated heterocycles. The number of rotatable bonds is 1. The number of hydrogen-bond acceptors (Lipinski definition) is 2. The van der Waals surface area contributed by atoms with E-state index in [0.717, 1.165) is 16.7 Å². The van der Waals surface area contributed by atoms with Gasteiger partial charge in [0.25, 0.3) is 0 Å². The topological polar surface area (TPSA) is 34.1 Å². The third-order valence-electron chi connectivity index (χ3n) is 3.79. The average Bonchev–Trinajstić information content (AvgIpc) is 2.47. The number of carbonyl (C=O) groups is 2. The highest BCUT2D eigenvalue weighted by molar-refractivity contribution is 6.21. The summed E-state index contributed by atoms with van der Waals surface area (Å²) in [6.07, 6.45) is 0. The molecule has 0 saturated carbocycles. The van der Waals surface area contributed by atoms with Crippen LogP contribution in [0.5, 0.6) is 0 Å². The summed E-state index contributed by atoms with van der Waals surface area (Å²) in [6, 6.07) is 15.0. The minimum Gasteiger partial charge on any atom is -0.295 e. The molecule has 1 aliphatic rings. The highest BCUT2D eigenvalue weighted by Crippen LogP contribution is 2.37. The van der Waals surface area contributed by atoms with Crippen molar-refractivity contribution >= 4 is 17.1 Å². The lowest BCUT2D eigenvalue weighted by Crippen LogP contribution is -2.16. The van der Waals surface area contributed by atoms with Crippen molar-refractivity contribution in [2.75, 3.05) is 0 Å². The molecule has 2 heteroatoms. The van der Waals surface area contributed by atoms with Crippen LogP contribution >= 0.6 is 0 Å². The molecular formula is C18H14O2. The summed E-state index contributed by atoms with van der Waals surface area (Å²) in [5.74, 6) is 0.0512. The Morgan fingerprint density at radius 2 is 1.15 bits per heavy atom. The van der Waals surface area contributed by atoms with Gasteiger partial charge in [0, 0.05) is 16.7 Å². The Morgan fingerprint density at radius 3 is 1.55 bits per heavy atom. The molecule has 1 aliphatic carbocycles. The molecule has 2 aromatic rings. The Balaban J connectivity index is 2.43. The summed E-state index contributed by atoms with van der Waals surface area (Å²) in [7, 11) is 0. The van der Waals surface area contributed by atoms with Crippen molar-refractivity contribution in [3.8, 4) is 0 Å². The largest absolute Gasteiger partial charge is 0.295 e. The van der Waals surface area contributed by atoms with E-state index in [1.807, 2.05) is 55.5 Å². The molecule has 2 aromatic carbocycles. The number of Topliss-reactive ketones (excluding diaryl/α,β-unsaturated/α-hetero) is 1. The number of fused-ring (bicyclic) bond motifs is 2. The Labute approximate surface area is 117 Å². The molecule has 0 N–H and O–H groups in total. The Bertz CT molecular complexity index is 715. The number of carbonyl (C=O) groups excluding carboxylic acids is 2. The summed E-state index contributed by atoms with van der Waals surface area (Å²) >= 11 is 0. The van der Waals surface area contributed by atoms with Gasteiger partial charge in [0.2, 0.25) is 0 Å². The van der Waals surface area contributed by atoms with E-state index in [1.165, 1.54) is 0 Å². The standard InChI is InChI=1S/C18H14O2/c1-11(12(2)19)17-13-7-3-5-9-15(13)18(20)16-10-6-4-8-14(16)17/h3-10H,1-2H3. The average molecular weight is 262 g/mol. The van der Waals surface area contributed by atoms with E-state index in [-0.39, 0.29) is 11.6 Å². The van der Waals surface area contributed by atoms with Crippen molar-refractivity contribution in [3.05, 3.63) is 76.4 Å². The molecule has 0 radical (unpaired) electrons. The van der Waals surface area contributed by atoms with Crippen molar-refractivity contribution in [1.29, 1.82) is 0 Å². The van der Waals surface area contributed by atoms with Gasteiger partial charge >= 0.3 is 0 Å². The molecule has 0 amide bonds. The van der Waals surface area contributed by atoms with Crippen molar-refractivity contribution in [2.45, 2.75) is 13.8 Å². The van der Waals surface area contributed by atoms with E-state index in [4.69, 9.17) is 0 Å². The van der Waals surface area contributed by atoms with Crippen LogP contribution in [-0.4, -0.2) is 11.6 Å². The van der Waals surface area contributed by atoms with Gasteiger partial charge < -0.3 is 0 Å². The maximum atomic E-state index is 12.5. The van der Waals surface area contributed by atoms with Crippen LogP contribution in [0, 0.1) is 0 Å². The van der Waals surface area contributed by atoms with E-state index in [2.05, 4.69) is 0 Å². The van der Waals surface area contributed by atoms with Crippen molar-refractivity contribution < 1.29 is 9.59 Å². The second-order valence-electron chi connectivity index (χ2n) is 4.98. The van der Waals surface area contributed by atoms with Crippen molar-refractivity contribution in [2.24, 2.45) is 0 Å². The summed E-state index contributed by atoms with van der Waals surface area (Å²) in [5, 5.41) is 0. The first-order chi connectivity index (χ1) is 9.61. The van der Waals surface area contributed by atoms with Crippen LogP contribution in [0.3, 0.4) is 0 Å². The summed E-state index contributed by atoms with van der Waals surface area (Å²) in [5.41, 5.74) is 4.61. The molecule has 0 unspecified atom stereocenters. The van der Waals surface area contributed by atoms with Crippen LogP contribution < -0.4 is 0 Å². The highest BCUT2D eigenvalue weighted by Gasteiger charge is 2.27. The van der Waals surface area contributed by atoms with Gasteiger partial charge in [-0.25, -0.2) is 0 Å². The second kappa shape index (κ2) is 4.57. The Kier molecular flexibility index (Phi) is 2.87. The minimum absolute atomic E-state index is 0.0244. The molecule has 0 heterocycles. The summed E-state index contributed by atoms with van der Waals surface area (Å²) in [6.45, 7) is 3.38. The summed E-state index contributed by atoms with van der Waals surface area (Å²) < 4.78 is 0. The number of allylic oxidation sites excluding steroid dienone is 1. The molecule has 0 aliphatic heterocycles. The fourth-order valence-electron chi connectivity index (χ4n) is 2.67. The zero-order chi connectivity index (χ0) is 14.3. The fraction of sp³-hybridized carbons (Fsp3) is 0.111. The fourth-order valence-corrected chi connectivity index (χ4v) is 2.67. The first-order valence-electron chi connectivity index (χ1n) is 6.56. The van der Waals surface area contributed by atoms with Crippen molar-refractivity contribution in [3.63, 3.8) is 0 Å². The normalized spacial score (nSPS) is 12.7. The lowest BCUT2D eigenvalue weighted by Gasteiger charge is -2.23. The van der Waals surface area contributed by atoms with E-state index < -0.39 is 0 Å². The lowest BCUT2D eigenvalue weighted by atomic mass is 9.79. The maximum absolute atomic E-state index is 12.5. The molecular weight excluding hydrogens is 248 g/mol. The van der Waals surface area contributed by atoms with Gasteiger partial charge in [-0.2, -0.15) is 0 Å². The van der Waals surface area contributed by atoms with Crippen LogP contribution in [0.15, 0.2) is 54.1 Å². The molecule has 2 nitrogen and oxygen atoms in total. The van der Waals surface area contributed by atoms with Crippen LogP contribution in [0.1, 0.15) is 40.9 Å². The highest BCUT2D eigenvalue weighted by atomic mass is 16.1. The predicted molar refractivity (Wildman–Crippen MR) is 78.7 cm³/mol. The van der Waals surface area contributed by atoms with Gasteiger partial charge in [0.1, 0.15) is 0 Å². The quantitative estimate of drug-likeness (QED) is 0.627. The zero-order valence-corrected chi connectivity index (χ0v) is 11.4. The van der Waals surface area contributed by atoms with E-state index in [9.17, 15) is 9.59 Å². The first-order valence-corrected chi connectivity index (χ1v) is 6.56. The molecule has 0 spiro atoms. The second-order valence-corrected chi connectivity index (χ2v) is 4.98. The van der Waals surface area contributed by atoms with Gasteiger partial charge in [-0.1, -0.05) is 48.5 Å². The van der Waals surface area contributed by atoms with Gasteiger partial charge in [0.05, 0.1) is 0 Å². The third kappa shape index (κ3) is 1.73. The third-order valence-corrected chi connectivity index (χ3v) is 3.79. The molecule has 0 fully saturated rings. The van der Waals surface area contributed by atoms with Gasteiger partial charge in [-0.15, -0.1) is 0 Å². The van der Waals surface area contributed by atoms with Gasteiger partial charge in [-0.3, -0.25) is 9.59 Å². The monoisotopic (exact) mass is 262 g/mol. The smallest absolute Gasteiger partial charge is 0.194 e. The maximum Gasteiger partial charge on any atom is 0.194 e. The van der Waals surface area contributed by atoms with Crippen molar-refractivity contribution in [1.82, 2.24) is 0 Å². The zero-order valence-electron chi connectivity index (χ0n) is 11.4. The predicted octanol–water partition coefficient (Wildman–Crippen LogP) is 3.64. The van der Waals surface area contributed by atoms with Gasteiger partial charge in [0.15, 0.2) is 11.6 Å². The Morgan fingerprint density at radius 1 is 0.750 bits per heavy atom. The van der Waals surface area contributed by atoms with Gasteiger partial charge in [-0.05, 0) is 30.5 Å².